The Hall–Kier alpha value is -1.35. The molecule has 1 aromatic carbocycles. The highest BCUT2D eigenvalue weighted by Crippen LogP contribution is 2.33. The highest BCUT2D eigenvalue weighted by molar-refractivity contribution is 5.89. The van der Waals surface area contributed by atoms with Crippen LogP contribution in [0.2, 0.25) is 0 Å². The minimum absolute atomic E-state index is 0.362. The Kier molecular flexibility index (Phi) is 4.29. The Morgan fingerprint density at radius 1 is 1.29 bits per heavy atom. The first-order valence-electron chi connectivity index (χ1n) is 8.33. The van der Waals surface area contributed by atoms with E-state index in [1.54, 1.807) is 0 Å². The van der Waals surface area contributed by atoms with Crippen molar-refractivity contribution in [1.82, 2.24) is 10.3 Å². The van der Waals surface area contributed by atoms with Crippen LogP contribution in [0.5, 0.6) is 0 Å². The van der Waals surface area contributed by atoms with Crippen molar-refractivity contribution in [2.45, 2.75) is 45.6 Å². The Bertz CT molecular complexity index is 504. The normalized spacial score (nSPS) is 25.6. The number of fused-ring (bicyclic) bond motifs is 1. The van der Waals surface area contributed by atoms with Crippen LogP contribution in [0.15, 0.2) is 29.4 Å². The monoisotopic (exact) mass is 285 g/mol. The Labute approximate surface area is 128 Å². The van der Waals surface area contributed by atoms with Gasteiger partial charge in [0.05, 0.1) is 6.04 Å². The Morgan fingerprint density at radius 2 is 2.05 bits per heavy atom. The van der Waals surface area contributed by atoms with Crippen molar-refractivity contribution in [2.75, 3.05) is 19.6 Å². The van der Waals surface area contributed by atoms with E-state index in [9.17, 15) is 0 Å². The molecule has 2 aliphatic heterocycles. The van der Waals surface area contributed by atoms with Gasteiger partial charge in [0, 0.05) is 31.1 Å². The molecular weight excluding hydrogens is 258 g/mol. The van der Waals surface area contributed by atoms with Gasteiger partial charge in [-0.1, -0.05) is 45.0 Å². The number of nitrogens with one attached hydrogen (secondary N) is 1. The molecule has 1 aromatic rings. The number of hydrazone groups is 1. The lowest BCUT2D eigenvalue weighted by Crippen LogP contribution is -2.42. The molecule has 3 nitrogen and oxygen atoms in total. The van der Waals surface area contributed by atoms with Crippen LogP contribution in [0.3, 0.4) is 0 Å². The SMILES string of the molecule is CCCN1CCC2=NNC(c3ccc(C(C)C)cc3)C2C1. The van der Waals surface area contributed by atoms with Gasteiger partial charge in [0.25, 0.3) is 0 Å². The van der Waals surface area contributed by atoms with Crippen molar-refractivity contribution in [1.29, 1.82) is 0 Å². The van der Waals surface area contributed by atoms with Crippen LogP contribution >= 0.6 is 0 Å². The van der Waals surface area contributed by atoms with Crippen LogP contribution in [0.1, 0.15) is 56.7 Å². The summed E-state index contributed by atoms with van der Waals surface area (Å²) in [7, 11) is 0. The summed E-state index contributed by atoms with van der Waals surface area (Å²) in [5.74, 6) is 1.15. The minimum atomic E-state index is 0.362. The predicted molar refractivity (Wildman–Crippen MR) is 88.7 cm³/mol. The van der Waals surface area contributed by atoms with Crippen LogP contribution in [0.25, 0.3) is 0 Å². The largest absolute Gasteiger partial charge is 0.302 e. The highest BCUT2D eigenvalue weighted by atomic mass is 15.4. The average Bonchev–Trinajstić information content (AvgIpc) is 2.91. The summed E-state index contributed by atoms with van der Waals surface area (Å²) < 4.78 is 0. The number of likely N-dealkylation sites (tertiary alicyclic amines) is 1. The second-order valence-corrected chi connectivity index (χ2v) is 6.69. The zero-order valence-electron chi connectivity index (χ0n) is 13.5. The number of rotatable bonds is 4. The fraction of sp³-hybridized carbons (Fsp3) is 0.611. The van der Waals surface area contributed by atoms with E-state index >= 15 is 0 Å². The zero-order valence-corrected chi connectivity index (χ0v) is 13.5. The topological polar surface area (TPSA) is 27.6 Å². The lowest BCUT2D eigenvalue weighted by atomic mass is 9.86. The van der Waals surface area contributed by atoms with Gasteiger partial charge in [-0.15, -0.1) is 0 Å². The Morgan fingerprint density at radius 3 is 2.71 bits per heavy atom. The van der Waals surface area contributed by atoms with Crippen LogP contribution in [-0.2, 0) is 0 Å². The molecule has 2 heterocycles. The molecular formula is C18H27N3. The van der Waals surface area contributed by atoms with Crippen LogP contribution < -0.4 is 5.43 Å². The van der Waals surface area contributed by atoms with Crippen molar-refractivity contribution in [3.63, 3.8) is 0 Å². The molecule has 2 aliphatic rings. The predicted octanol–water partition coefficient (Wildman–Crippen LogP) is 3.54. The smallest absolute Gasteiger partial charge is 0.0782 e. The molecule has 1 N–H and O–H groups in total. The number of benzene rings is 1. The summed E-state index contributed by atoms with van der Waals surface area (Å²) in [5.41, 5.74) is 7.55. The maximum atomic E-state index is 4.61. The van der Waals surface area contributed by atoms with E-state index in [-0.39, 0.29) is 0 Å². The molecule has 2 unspecified atom stereocenters. The van der Waals surface area contributed by atoms with E-state index in [0.29, 0.717) is 17.9 Å². The van der Waals surface area contributed by atoms with Crippen molar-refractivity contribution >= 4 is 5.71 Å². The quantitative estimate of drug-likeness (QED) is 0.916. The lowest BCUT2D eigenvalue weighted by molar-refractivity contribution is 0.228. The standard InChI is InChI=1S/C18H27N3/c1-4-10-21-11-9-17-16(12-21)18(20-19-17)15-7-5-14(6-8-15)13(2)3/h5-8,13,16,18,20H,4,9-12H2,1-3H3. The molecule has 2 atom stereocenters. The minimum Gasteiger partial charge on any atom is -0.302 e. The first-order valence-corrected chi connectivity index (χ1v) is 8.33. The van der Waals surface area contributed by atoms with Crippen molar-refractivity contribution in [3.05, 3.63) is 35.4 Å². The molecule has 0 radical (unpaired) electrons. The van der Waals surface area contributed by atoms with Gasteiger partial charge in [-0.2, -0.15) is 5.10 Å². The van der Waals surface area contributed by atoms with Gasteiger partial charge in [0.15, 0.2) is 0 Å². The molecule has 3 heteroatoms. The van der Waals surface area contributed by atoms with Crippen molar-refractivity contribution in [3.8, 4) is 0 Å². The fourth-order valence-corrected chi connectivity index (χ4v) is 3.53. The van der Waals surface area contributed by atoms with Crippen LogP contribution in [0.4, 0.5) is 0 Å². The van der Waals surface area contributed by atoms with E-state index in [2.05, 4.69) is 60.5 Å². The van der Waals surface area contributed by atoms with Gasteiger partial charge in [-0.05, 0) is 30.0 Å². The number of nitrogens with zero attached hydrogens (tertiary/aromatic N) is 2. The summed E-state index contributed by atoms with van der Waals surface area (Å²) in [6, 6.07) is 9.47. The Balaban J connectivity index is 1.74. The second kappa shape index (κ2) is 6.18. The maximum Gasteiger partial charge on any atom is 0.0782 e. The molecule has 0 amide bonds. The van der Waals surface area contributed by atoms with Crippen LogP contribution in [-0.4, -0.2) is 30.2 Å². The molecule has 0 aromatic heterocycles. The fourth-order valence-electron chi connectivity index (χ4n) is 3.53. The van der Waals surface area contributed by atoms with E-state index in [4.69, 9.17) is 0 Å². The molecule has 1 saturated heterocycles. The number of hydrogen-bond donors (Lipinski definition) is 1. The first-order chi connectivity index (χ1) is 10.2. The summed E-state index contributed by atoms with van der Waals surface area (Å²) in [6.45, 7) is 10.3. The van der Waals surface area contributed by atoms with Crippen LogP contribution in [0, 0.1) is 5.92 Å². The van der Waals surface area contributed by atoms with Gasteiger partial charge in [-0.25, -0.2) is 0 Å². The summed E-state index contributed by atoms with van der Waals surface area (Å²) >= 11 is 0. The number of piperidine rings is 1. The van der Waals surface area contributed by atoms with Gasteiger partial charge in [0.1, 0.15) is 0 Å². The molecule has 0 aliphatic carbocycles. The van der Waals surface area contributed by atoms with Gasteiger partial charge in [-0.3, -0.25) is 0 Å². The summed E-state index contributed by atoms with van der Waals surface area (Å²) in [4.78, 5) is 2.59. The molecule has 0 saturated carbocycles. The molecule has 114 valence electrons. The molecule has 1 fully saturated rings. The lowest BCUT2D eigenvalue weighted by Gasteiger charge is -2.33. The van der Waals surface area contributed by atoms with E-state index in [1.165, 1.54) is 36.3 Å². The zero-order chi connectivity index (χ0) is 14.8. The second-order valence-electron chi connectivity index (χ2n) is 6.69. The van der Waals surface area contributed by atoms with Gasteiger partial charge >= 0.3 is 0 Å². The molecule has 3 rings (SSSR count). The third-order valence-electron chi connectivity index (χ3n) is 4.82. The van der Waals surface area contributed by atoms with Gasteiger partial charge in [0.2, 0.25) is 0 Å². The average molecular weight is 285 g/mol. The highest BCUT2D eigenvalue weighted by Gasteiger charge is 2.36. The van der Waals surface area contributed by atoms with Crippen molar-refractivity contribution in [2.24, 2.45) is 11.0 Å². The third kappa shape index (κ3) is 2.98. The third-order valence-corrected chi connectivity index (χ3v) is 4.82. The molecule has 0 spiro atoms. The first kappa shape index (κ1) is 14.6. The van der Waals surface area contributed by atoms with E-state index in [0.717, 1.165) is 13.0 Å². The summed E-state index contributed by atoms with van der Waals surface area (Å²) in [5, 5.41) is 4.61. The molecule has 0 bridgehead atoms. The van der Waals surface area contributed by atoms with Gasteiger partial charge < -0.3 is 10.3 Å². The van der Waals surface area contributed by atoms with Crippen molar-refractivity contribution < 1.29 is 0 Å². The summed E-state index contributed by atoms with van der Waals surface area (Å²) in [6.07, 6.45) is 2.36. The number of hydrogen-bond acceptors (Lipinski definition) is 3. The van der Waals surface area contributed by atoms with E-state index in [1.807, 2.05) is 0 Å². The van der Waals surface area contributed by atoms with E-state index < -0.39 is 0 Å². The maximum absolute atomic E-state index is 4.61. The molecule has 21 heavy (non-hydrogen) atoms.